The maximum atomic E-state index is 14.1. The van der Waals surface area contributed by atoms with Gasteiger partial charge in [-0.1, -0.05) is 72.0 Å². The van der Waals surface area contributed by atoms with Crippen molar-refractivity contribution in [1.82, 2.24) is 15.2 Å². The monoisotopic (exact) mass is 592 g/mol. The van der Waals surface area contributed by atoms with Gasteiger partial charge in [-0.25, -0.2) is 14.6 Å². The van der Waals surface area contributed by atoms with Gasteiger partial charge in [0.2, 0.25) is 0 Å². The Bertz CT molecular complexity index is 1430. The van der Waals surface area contributed by atoms with Crippen LogP contribution in [0.1, 0.15) is 42.9 Å². The number of thiazole rings is 1. The van der Waals surface area contributed by atoms with Gasteiger partial charge in [-0.2, -0.15) is 0 Å². The number of nitrogens with one attached hydrogen (secondary N) is 1. The molecule has 2 atom stereocenters. The lowest BCUT2D eigenvalue weighted by Crippen LogP contribution is -2.70. The largest absolute Gasteiger partial charge is 0.448 e. The van der Waals surface area contributed by atoms with Gasteiger partial charge < -0.3 is 19.7 Å². The number of aromatic nitrogens is 1. The van der Waals surface area contributed by atoms with E-state index in [1.807, 2.05) is 79.7 Å². The molecule has 1 saturated heterocycles. The van der Waals surface area contributed by atoms with E-state index in [1.165, 1.54) is 28.0 Å². The first kappa shape index (κ1) is 28.7. The third-order valence-corrected chi connectivity index (χ3v) is 8.94. The predicted molar refractivity (Wildman–Crippen MR) is 160 cm³/mol. The quantitative estimate of drug-likeness (QED) is 0.300. The van der Waals surface area contributed by atoms with Crippen LogP contribution >= 0.6 is 23.1 Å². The summed E-state index contributed by atoms with van der Waals surface area (Å²) in [6.45, 7) is 5.27. The lowest BCUT2D eigenvalue weighted by Gasteiger charge is -2.49. The maximum Gasteiger partial charge on any atom is 0.408 e. The molecular weight excluding hydrogens is 560 g/mol. The molecule has 3 heterocycles. The van der Waals surface area contributed by atoms with Gasteiger partial charge in [-0.15, -0.1) is 11.8 Å². The van der Waals surface area contributed by atoms with Crippen LogP contribution in [0.2, 0.25) is 0 Å². The van der Waals surface area contributed by atoms with Crippen LogP contribution in [0.5, 0.6) is 0 Å². The summed E-state index contributed by atoms with van der Waals surface area (Å²) in [6, 6.07) is 18.2. The van der Waals surface area contributed by atoms with Gasteiger partial charge in [0.25, 0.3) is 5.91 Å². The number of carbonyl (C=O) groups is 3. The summed E-state index contributed by atoms with van der Waals surface area (Å²) < 4.78 is 11.6. The Kier molecular flexibility index (Phi) is 8.10. The van der Waals surface area contributed by atoms with Crippen LogP contribution in [0.3, 0.4) is 0 Å². The molecule has 0 aliphatic carbocycles. The molecule has 0 bridgehead atoms. The minimum Gasteiger partial charge on any atom is -0.448 e. The van der Waals surface area contributed by atoms with Gasteiger partial charge in [-0.3, -0.25) is 9.69 Å². The van der Waals surface area contributed by atoms with Gasteiger partial charge in [0.05, 0.1) is 4.88 Å². The van der Waals surface area contributed by atoms with E-state index in [0.29, 0.717) is 11.3 Å². The Balaban J connectivity index is 1.50. The van der Waals surface area contributed by atoms with Crippen molar-refractivity contribution < 1.29 is 23.9 Å². The summed E-state index contributed by atoms with van der Waals surface area (Å²) in [5.41, 5.74) is 1.75. The SMILES string of the molecule is CN(C)c1ncc(C2=C(C(=O)OC(c3ccccc3)c3ccccc3)N3C(=O)C(NC(=O)OC(C)(C)C)C3SC2)s1. The average Bonchev–Trinajstić information content (AvgIpc) is 3.44. The second kappa shape index (κ2) is 11.6. The summed E-state index contributed by atoms with van der Waals surface area (Å²) in [5, 5.41) is 2.98. The van der Waals surface area contributed by atoms with Gasteiger partial charge in [0.15, 0.2) is 11.2 Å². The molecule has 2 aromatic carbocycles. The van der Waals surface area contributed by atoms with E-state index in [1.54, 1.807) is 27.0 Å². The van der Waals surface area contributed by atoms with E-state index in [2.05, 4.69) is 10.3 Å². The van der Waals surface area contributed by atoms with E-state index >= 15 is 0 Å². The van der Waals surface area contributed by atoms with Gasteiger partial charge in [0, 0.05) is 31.6 Å². The van der Waals surface area contributed by atoms with Crippen LogP contribution in [-0.2, 0) is 19.1 Å². The maximum absolute atomic E-state index is 14.1. The molecule has 0 spiro atoms. The number of nitrogens with zero attached hydrogens (tertiary/aromatic N) is 3. The molecule has 2 amide bonds. The number of amides is 2. The van der Waals surface area contributed by atoms with Gasteiger partial charge in [-0.05, 0) is 31.9 Å². The van der Waals surface area contributed by atoms with Gasteiger partial charge in [0.1, 0.15) is 22.7 Å². The highest BCUT2D eigenvalue weighted by atomic mass is 32.2. The van der Waals surface area contributed by atoms with Crippen molar-refractivity contribution in [1.29, 1.82) is 0 Å². The molecule has 0 radical (unpaired) electrons. The van der Waals surface area contributed by atoms with Crippen LogP contribution in [0.4, 0.5) is 9.93 Å². The number of anilines is 1. The number of ether oxygens (including phenoxy) is 2. The van der Waals surface area contributed by atoms with Crippen molar-refractivity contribution in [2.75, 3.05) is 24.7 Å². The molecular formula is C30H32N4O5S2. The molecule has 1 fully saturated rings. The van der Waals surface area contributed by atoms with Gasteiger partial charge >= 0.3 is 12.1 Å². The molecule has 1 aromatic heterocycles. The van der Waals surface area contributed by atoms with Crippen LogP contribution in [0, 0.1) is 0 Å². The molecule has 2 aliphatic heterocycles. The number of carbonyl (C=O) groups excluding carboxylic acids is 3. The van der Waals surface area contributed by atoms with E-state index in [-0.39, 0.29) is 5.70 Å². The molecule has 2 unspecified atom stereocenters. The first-order valence-corrected chi connectivity index (χ1v) is 15.0. The Labute approximate surface area is 247 Å². The van der Waals surface area contributed by atoms with Crippen molar-refractivity contribution in [2.45, 2.75) is 43.9 Å². The third-order valence-electron chi connectivity index (χ3n) is 6.44. The zero-order chi connectivity index (χ0) is 29.3. The first-order chi connectivity index (χ1) is 19.5. The second-order valence-corrected chi connectivity index (χ2v) is 13.0. The number of esters is 1. The number of hydrogen-bond acceptors (Lipinski definition) is 9. The van der Waals surface area contributed by atoms with Crippen LogP contribution in [-0.4, -0.2) is 64.7 Å². The molecule has 11 heteroatoms. The molecule has 1 N–H and O–H groups in total. The van der Waals surface area contributed by atoms with Crippen molar-refractivity contribution in [3.63, 3.8) is 0 Å². The van der Waals surface area contributed by atoms with Crippen molar-refractivity contribution in [3.05, 3.63) is 88.6 Å². The highest BCUT2D eigenvalue weighted by Gasteiger charge is 2.55. The third kappa shape index (κ3) is 6.11. The zero-order valence-corrected chi connectivity index (χ0v) is 25.1. The van der Waals surface area contributed by atoms with Crippen LogP contribution in [0.25, 0.3) is 5.57 Å². The predicted octanol–water partition coefficient (Wildman–Crippen LogP) is 5.06. The van der Waals surface area contributed by atoms with Crippen molar-refractivity contribution >= 4 is 51.8 Å². The molecule has 9 nitrogen and oxygen atoms in total. The fraction of sp³-hybridized carbons (Fsp3) is 0.333. The summed E-state index contributed by atoms with van der Waals surface area (Å²) in [6.07, 6.45) is 0.356. The summed E-state index contributed by atoms with van der Waals surface area (Å²) in [5.74, 6) is -0.584. The molecule has 5 rings (SSSR count). The fourth-order valence-corrected chi connectivity index (χ4v) is 6.93. The van der Waals surface area contributed by atoms with E-state index < -0.39 is 41.1 Å². The Morgan fingerprint density at radius 3 is 2.20 bits per heavy atom. The first-order valence-electron chi connectivity index (χ1n) is 13.1. The topological polar surface area (TPSA) is 101 Å². The number of rotatable bonds is 7. The van der Waals surface area contributed by atoms with E-state index in [0.717, 1.165) is 21.1 Å². The molecule has 2 aliphatic rings. The average molecular weight is 593 g/mol. The number of β-lactam (4-membered cyclic amide) rings is 1. The smallest absolute Gasteiger partial charge is 0.408 e. The minimum absolute atomic E-state index is 0.173. The minimum atomic E-state index is -0.822. The standard InChI is InChI=1S/C30H32N4O5S2/c1-30(2,3)39-29(37)32-22-25(35)34-23(20(17-40-26(22)34)21-16-31-28(41-21)33(4)5)27(36)38-24(18-12-8-6-9-13-18)19-14-10-7-11-15-19/h6-16,22,24,26H,17H2,1-5H3,(H,32,37). The second-order valence-electron chi connectivity index (χ2n) is 10.9. The number of hydrogen-bond donors (Lipinski definition) is 1. The summed E-state index contributed by atoms with van der Waals surface area (Å²) in [4.78, 5) is 48.7. The summed E-state index contributed by atoms with van der Waals surface area (Å²) >= 11 is 2.91. The Hall–Kier alpha value is -3.83. The van der Waals surface area contributed by atoms with Crippen molar-refractivity contribution in [2.24, 2.45) is 0 Å². The Morgan fingerprint density at radius 1 is 1.05 bits per heavy atom. The number of benzene rings is 2. The lowest BCUT2D eigenvalue weighted by molar-refractivity contribution is -0.153. The number of alkyl carbamates (subject to hydrolysis) is 1. The van der Waals surface area contributed by atoms with E-state index in [9.17, 15) is 14.4 Å². The molecule has 3 aromatic rings. The highest BCUT2D eigenvalue weighted by molar-refractivity contribution is 8.00. The summed E-state index contributed by atoms with van der Waals surface area (Å²) in [7, 11) is 3.79. The molecule has 41 heavy (non-hydrogen) atoms. The number of thioether (sulfide) groups is 1. The van der Waals surface area contributed by atoms with Crippen LogP contribution < -0.4 is 10.2 Å². The molecule has 214 valence electrons. The lowest BCUT2D eigenvalue weighted by atomic mass is 10.0. The Morgan fingerprint density at radius 2 is 1.66 bits per heavy atom. The molecule has 0 saturated carbocycles. The number of fused-ring (bicyclic) bond motifs is 1. The van der Waals surface area contributed by atoms with E-state index in [4.69, 9.17) is 9.47 Å². The normalized spacial score (nSPS) is 18.5. The van der Waals surface area contributed by atoms with Crippen molar-refractivity contribution in [3.8, 4) is 0 Å². The highest BCUT2D eigenvalue weighted by Crippen LogP contribution is 2.45. The van der Waals surface area contributed by atoms with Crippen LogP contribution in [0.15, 0.2) is 72.6 Å². The fourth-order valence-electron chi connectivity index (χ4n) is 4.59. The zero-order valence-electron chi connectivity index (χ0n) is 23.5.